The van der Waals surface area contributed by atoms with E-state index in [0.717, 1.165) is 18.8 Å². The third-order valence-electron chi connectivity index (χ3n) is 2.59. The van der Waals surface area contributed by atoms with Crippen LogP contribution in [0.1, 0.15) is 12.6 Å². The Morgan fingerprint density at radius 2 is 2.39 bits per heavy atom. The minimum atomic E-state index is 0.435. The van der Waals surface area contributed by atoms with Crippen LogP contribution < -0.4 is 5.32 Å². The van der Waals surface area contributed by atoms with E-state index in [1.54, 1.807) is 18.5 Å². The molecule has 0 bridgehead atoms. The van der Waals surface area contributed by atoms with Crippen LogP contribution in [0.2, 0.25) is 0 Å². The second-order valence-corrected chi connectivity index (χ2v) is 4.26. The van der Waals surface area contributed by atoms with Gasteiger partial charge in [0.15, 0.2) is 0 Å². The Labute approximate surface area is 106 Å². The van der Waals surface area contributed by atoms with E-state index in [2.05, 4.69) is 22.3 Å². The van der Waals surface area contributed by atoms with Gasteiger partial charge in [0, 0.05) is 25.5 Å². The summed E-state index contributed by atoms with van der Waals surface area (Å²) in [7, 11) is 0. The molecule has 0 spiro atoms. The molecule has 18 heavy (non-hydrogen) atoms. The minimum absolute atomic E-state index is 0.435. The van der Waals surface area contributed by atoms with Crippen molar-refractivity contribution in [1.29, 1.82) is 5.26 Å². The summed E-state index contributed by atoms with van der Waals surface area (Å²) in [6.45, 7) is 3.88. The lowest BCUT2D eigenvalue weighted by atomic mass is 10.2. The van der Waals surface area contributed by atoms with E-state index in [1.165, 1.54) is 0 Å². The molecule has 0 radical (unpaired) electrons. The Morgan fingerprint density at radius 3 is 3.00 bits per heavy atom. The fraction of sp³-hybridized carbons (Fsp3) is 0.308. The van der Waals surface area contributed by atoms with Gasteiger partial charge in [-0.25, -0.2) is 4.98 Å². The summed E-state index contributed by atoms with van der Waals surface area (Å²) in [6, 6.07) is 7.50. The maximum atomic E-state index is 8.65. The first-order chi connectivity index (χ1) is 8.78. The van der Waals surface area contributed by atoms with Crippen molar-refractivity contribution in [3.63, 3.8) is 0 Å². The summed E-state index contributed by atoms with van der Waals surface area (Å²) in [5, 5.41) is 16.1. The lowest BCUT2D eigenvalue weighted by molar-refractivity contribution is 0.468. The third-order valence-corrected chi connectivity index (χ3v) is 2.59. The van der Waals surface area contributed by atoms with Gasteiger partial charge in [0.1, 0.15) is 11.8 Å². The Morgan fingerprint density at radius 1 is 1.50 bits per heavy atom. The van der Waals surface area contributed by atoms with Crippen molar-refractivity contribution in [2.75, 3.05) is 11.9 Å². The highest BCUT2D eigenvalue weighted by Gasteiger charge is 2.03. The van der Waals surface area contributed by atoms with Gasteiger partial charge in [-0.15, -0.1) is 0 Å². The maximum absolute atomic E-state index is 8.65. The number of anilines is 1. The lowest BCUT2D eigenvalue weighted by Gasteiger charge is -2.13. The van der Waals surface area contributed by atoms with E-state index < -0.39 is 0 Å². The molecule has 1 N–H and O–H groups in total. The Hall–Kier alpha value is -2.35. The van der Waals surface area contributed by atoms with Crippen LogP contribution in [0.4, 0.5) is 5.69 Å². The van der Waals surface area contributed by atoms with Gasteiger partial charge in [-0.2, -0.15) is 10.4 Å². The molecule has 2 aromatic heterocycles. The first-order valence-electron chi connectivity index (χ1n) is 5.85. The summed E-state index contributed by atoms with van der Waals surface area (Å²) in [5.41, 5.74) is 1.37. The summed E-state index contributed by atoms with van der Waals surface area (Å²) in [5.74, 6) is 0.459. The van der Waals surface area contributed by atoms with Crippen LogP contribution in [-0.4, -0.2) is 21.3 Å². The molecule has 2 aromatic rings. The lowest BCUT2D eigenvalue weighted by Crippen LogP contribution is -2.17. The summed E-state index contributed by atoms with van der Waals surface area (Å²) in [4.78, 5) is 4.01. The molecule has 0 aliphatic carbocycles. The van der Waals surface area contributed by atoms with Crippen molar-refractivity contribution in [3.05, 3.63) is 42.5 Å². The highest BCUT2D eigenvalue weighted by Crippen LogP contribution is 2.07. The number of pyridine rings is 1. The van der Waals surface area contributed by atoms with E-state index in [-0.39, 0.29) is 0 Å². The Balaban J connectivity index is 1.81. The van der Waals surface area contributed by atoms with E-state index in [0.29, 0.717) is 11.6 Å². The molecule has 0 aromatic carbocycles. The number of nitrogens with zero attached hydrogens (tertiary/aromatic N) is 4. The highest BCUT2D eigenvalue weighted by atomic mass is 15.3. The second-order valence-electron chi connectivity index (χ2n) is 4.26. The van der Waals surface area contributed by atoms with Crippen molar-refractivity contribution in [2.45, 2.75) is 13.5 Å². The second kappa shape index (κ2) is 5.82. The summed E-state index contributed by atoms with van der Waals surface area (Å²) < 4.78 is 1.92. The van der Waals surface area contributed by atoms with E-state index in [4.69, 9.17) is 5.26 Å². The molecule has 5 heteroatoms. The SMILES string of the molecule is CC(CNc1ccc(C#N)nc1)Cn1cccn1. The van der Waals surface area contributed by atoms with Crippen LogP contribution in [0, 0.1) is 17.2 Å². The molecule has 0 aliphatic heterocycles. The minimum Gasteiger partial charge on any atom is -0.383 e. The van der Waals surface area contributed by atoms with Crippen molar-refractivity contribution in [3.8, 4) is 6.07 Å². The van der Waals surface area contributed by atoms with Crippen LogP contribution in [0.5, 0.6) is 0 Å². The number of hydrogen-bond donors (Lipinski definition) is 1. The number of nitriles is 1. The Kier molecular flexibility index (Phi) is 3.92. The molecule has 5 nitrogen and oxygen atoms in total. The van der Waals surface area contributed by atoms with E-state index >= 15 is 0 Å². The molecule has 92 valence electrons. The van der Waals surface area contributed by atoms with Gasteiger partial charge in [-0.05, 0) is 24.1 Å². The number of hydrogen-bond acceptors (Lipinski definition) is 4. The first kappa shape index (κ1) is 12.1. The zero-order valence-corrected chi connectivity index (χ0v) is 10.2. The first-order valence-corrected chi connectivity index (χ1v) is 5.85. The van der Waals surface area contributed by atoms with Crippen molar-refractivity contribution in [2.24, 2.45) is 5.92 Å². The standard InChI is InChI=1S/C13H15N5/c1-11(10-18-6-2-5-17-18)8-15-13-4-3-12(7-14)16-9-13/h2-6,9,11,15H,8,10H2,1H3. The molecule has 0 amide bonds. The van der Waals surface area contributed by atoms with Gasteiger partial charge < -0.3 is 5.32 Å². The zero-order valence-electron chi connectivity index (χ0n) is 10.2. The van der Waals surface area contributed by atoms with Gasteiger partial charge in [0.05, 0.1) is 11.9 Å². The molecule has 1 atom stereocenters. The van der Waals surface area contributed by atoms with Crippen LogP contribution in [-0.2, 0) is 6.54 Å². The number of nitrogens with one attached hydrogen (secondary N) is 1. The van der Waals surface area contributed by atoms with Crippen LogP contribution in [0.3, 0.4) is 0 Å². The maximum Gasteiger partial charge on any atom is 0.140 e. The number of aromatic nitrogens is 3. The normalized spacial score (nSPS) is 11.8. The molecule has 0 saturated carbocycles. The smallest absolute Gasteiger partial charge is 0.140 e. The quantitative estimate of drug-likeness (QED) is 0.868. The van der Waals surface area contributed by atoms with Crippen LogP contribution in [0.25, 0.3) is 0 Å². The molecule has 2 rings (SSSR count). The highest BCUT2D eigenvalue weighted by molar-refractivity contribution is 5.42. The van der Waals surface area contributed by atoms with Gasteiger partial charge >= 0.3 is 0 Å². The van der Waals surface area contributed by atoms with Crippen molar-refractivity contribution < 1.29 is 0 Å². The van der Waals surface area contributed by atoms with Crippen molar-refractivity contribution >= 4 is 5.69 Å². The van der Waals surface area contributed by atoms with Crippen molar-refractivity contribution in [1.82, 2.24) is 14.8 Å². The molecule has 0 aliphatic rings. The third kappa shape index (κ3) is 3.32. The molecule has 1 unspecified atom stereocenters. The molecule has 2 heterocycles. The van der Waals surface area contributed by atoms with Gasteiger partial charge in [-0.3, -0.25) is 4.68 Å². The molecule has 0 fully saturated rings. The molecular weight excluding hydrogens is 226 g/mol. The average molecular weight is 241 g/mol. The molecular formula is C13H15N5. The predicted molar refractivity (Wildman–Crippen MR) is 68.8 cm³/mol. The number of rotatable bonds is 5. The average Bonchev–Trinajstić information content (AvgIpc) is 2.90. The molecule has 0 saturated heterocycles. The van der Waals surface area contributed by atoms with Crippen LogP contribution >= 0.6 is 0 Å². The summed E-state index contributed by atoms with van der Waals surface area (Å²) in [6.07, 6.45) is 5.42. The monoisotopic (exact) mass is 241 g/mol. The van der Waals surface area contributed by atoms with E-state index in [9.17, 15) is 0 Å². The summed E-state index contributed by atoms with van der Waals surface area (Å²) >= 11 is 0. The van der Waals surface area contributed by atoms with Gasteiger partial charge in [0.2, 0.25) is 0 Å². The largest absolute Gasteiger partial charge is 0.383 e. The zero-order chi connectivity index (χ0) is 12.8. The fourth-order valence-corrected chi connectivity index (χ4v) is 1.65. The van der Waals surface area contributed by atoms with Gasteiger partial charge in [0.25, 0.3) is 0 Å². The van der Waals surface area contributed by atoms with Crippen LogP contribution in [0.15, 0.2) is 36.8 Å². The topological polar surface area (TPSA) is 66.5 Å². The Bertz CT molecular complexity index is 509. The fourth-order valence-electron chi connectivity index (χ4n) is 1.65. The van der Waals surface area contributed by atoms with E-state index in [1.807, 2.05) is 29.1 Å². The van der Waals surface area contributed by atoms with Gasteiger partial charge in [-0.1, -0.05) is 6.92 Å². The predicted octanol–water partition coefficient (Wildman–Crippen LogP) is 1.90.